The minimum atomic E-state index is -0.776. The van der Waals surface area contributed by atoms with Gasteiger partial charge in [0.25, 0.3) is 0 Å². The van der Waals surface area contributed by atoms with Crippen LogP contribution in [0, 0.1) is 5.92 Å². The van der Waals surface area contributed by atoms with E-state index in [4.69, 9.17) is 14.2 Å². The van der Waals surface area contributed by atoms with Gasteiger partial charge in [-0.15, -0.1) is 0 Å². The maximum atomic E-state index is 13.6. The predicted molar refractivity (Wildman–Crippen MR) is 131 cm³/mol. The van der Waals surface area contributed by atoms with E-state index < -0.39 is 11.6 Å². The van der Waals surface area contributed by atoms with Gasteiger partial charge in [-0.25, -0.2) is 0 Å². The lowest BCUT2D eigenvalue weighted by molar-refractivity contribution is -0.162. The van der Waals surface area contributed by atoms with Crippen LogP contribution in [0.2, 0.25) is 0 Å². The second-order valence-electron chi connectivity index (χ2n) is 10.5. The van der Waals surface area contributed by atoms with Gasteiger partial charge in [0, 0.05) is 33.3 Å². The second kappa shape index (κ2) is 10.7. The first-order valence-electron chi connectivity index (χ1n) is 13.3. The number of methoxy groups -OCH3 is 1. The van der Waals surface area contributed by atoms with E-state index in [1.807, 2.05) is 11.0 Å². The number of ether oxygens (including phenoxy) is 3. The molecule has 192 valence electrons. The number of carbonyl (C=O) groups excluding carboxylic acids is 2. The highest BCUT2D eigenvalue weighted by atomic mass is 16.6. The molecule has 2 amide bonds. The molecule has 3 heterocycles. The van der Waals surface area contributed by atoms with Crippen molar-refractivity contribution in [3.05, 3.63) is 23.8 Å². The number of nitrogens with one attached hydrogen (secondary N) is 1. The molecule has 5 rings (SSSR count). The van der Waals surface area contributed by atoms with Crippen molar-refractivity contribution in [2.45, 2.75) is 69.5 Å². The molecule has 35 heavy (non-hydrogen) atoms. The summed E-state index contributed by atoms with van der Waals surface area (Å²) in [6.07, 6.45) is 8.11. The number of piperidine rings is 1. The molecule has 1 aromatic carbocycles. The molecule has 0 radical (unpaired) electrons. The van der Waals surface area contributed by atoms with Crippen LogP contribution >= 0.6 is 0 Å². The number of carbonyl (C=O) groups is 2. The molecule has 1 atom stereocenters. The number of likely N-dealkylation sites (tertiary alicyclic amines) is 1. The SMILES string of the molecule is COCCN1C(=O)C(CC2CCCCC2)NC(=O)C12CCN(Cc1ccc3c(c1)OCCO3)CC2. The zero-order chi connectivity index (χ0) is 24.3. The summed E-state index contributed by atoms with van der Waals surface area (Å²) in [5.41, 5.74) is 0.389. The molecule has 8 nitrogen and oxygen atoms in total. The molecule has 8 heteroatoms. The Labute approximate surface area is 208 Å². The van der Waals surface area contributed by atoms with E-state index in [0.717, 1.165) is 56.0 Å². The summed E-state index contributed by atoms with van der Waals surface area (Å²) >= 11 is 0. The Morgan fingerprint density at radius 3 is 2.54 bits per heavy atom. The van der Waals surface area contributed by atoms with Crippen molar-refractivity contribution in [1.29, 1.82) is 0 Å². The highest BCUT2D eigenvalue weighted by molar-refractivity contribution is 6.00. The molecule has 2 saturated heterocycles. The van der Waals surface area contributed by atoms with Crippen molar-refractivity contribution in [2.75, 3.05) is 46.6 Å². The normalized spacial score (nSPS) is 25.1. The van der Waals surface area contributed by atoms with E-state index in [1.165, 1.54) is 19.3 Å². The number of hydrogen-bond acceptors (Lipinski definition) is 6. The Bertz CT molecular complexity index is 908. The highest BCUT2D eigenvalue weighted by Gasteiger charge is 2.53. The summed E-state index contributed by atoms with van der Waals surface area (Å²) < 4.78 is 16.7. The van der Waals surface area contributed by atoms with E-state index in [-0.39, 0.29) is 11.8 Å². The van der Waals surface area contributed by atoms with Gasteiger partial charge in [-0.1, -0.05) is 38.2 Å². The molecule has 4 aliphatic rings. The summed E-state index contributed by atoms with van der Waals surface area (Å²) in [5.74, 6) is 2.23. The molecule has 1 saturated carbocycles. The number of rotatable bonds is 7. The lowest BCUT2D eigenvalue weighted by atomic mass is 9.79. The van der Waals surface area contributed by atoms with Crippen molar-refractivity contribution >= 4 is 11.8 Å². The van der Waals surface area contributed by atoms with E-state index in [9.17, 15) is 9.59 Å². The molecule has 1 aliphatic carbocycles. The van der Waals surface area contributed by atoms with Crippen LogP contribution in [-0.2, 0) is 20.9 Å². The van der Waals surface area contributed by atoms with Crippen molar-refractivity contribution in [3.63, 3.8) is 0 Å². The van der Waals surface area contributed by atoms with Crippen LogP contribution in [0.4, 0.5) is 0 Å². The zero-order valence-corrected chi connectivity index (χ0v) is 20.9. The second-order valence-corrected chi connectivity index (χ2v) is 10.5. The number of fused-ring (bicyclic) bond motifs is 1. The van der Waals surface area contributed by atoms with Gasteiger partial charge in [0.1, 0.15) is 24.8 Å². The van der Waals surface area contributed by atoms with E-state index in [1.54, 1.807) is 7.11 Å². The number of nitrogens with zero attached hydrogens (tertiary/aromatic N) is 2. The van der Waals surface area contributed by atoms with Gasteiger partial charge in [-0.2, -0.15) is 0 Å². The number of benzene rings is 1. The lowest BCUT2D eigenvalue weighted by Gasteiger charge is -2.52. The van der Waals surface area contributed by atoms with Gasteiger partial charge in [-0.05, 0) is 42.9 Å². The third kappa shape index (κ3) is 5.14. The van der Waals surface area contributed by atoms with Crippen molar-refractivity contribution in [3.8, 4) is 11.5 Å². The first kappa shape index (κ1) is 24.4. The monoisotopic (exact) mass is 485 g/mol. The van der Waals surface area contributed by atoms with Crippen LogP contribution in [-0.4, -0.2) is 79.8 Å². The van der Waals surface area contributed by atoms with Gasteiger partial charge in [-0.3, -0.25) is 14.5 Å². The topological polar surface area (TPSA) is 80.3 Å². The highest BCUT2D eigenvalue weighted by Crippen LogP contribution is 2.37. The molecule has 1 N–H and O–H groups in total. The summed E-state index contributed by atoms with van der Waals surface area (Å²) in [6, 6.07) is 5.71. The summed E-state index contributed by atoms with van der Waals surface area (Å²) in [5, 5.41) is 3.16. The fraction of sp³-hybridized carbons (Fsp3) is 0.704. The van der Waals surface area contributed by atoms with Crippen LogP contribution in [0.3, 0.4) is 0 Å². The standard InChI is InChI=1S/C27H39N3O5/c1-33-14-13-30-25(31)22(17-20-5-3-2-4-6-20)28-26(32)27(30)9-11-29(12-10-27)19-21-7-8-23-24(18-21)35-16-15-34-23/h7-8,18,20,22H,2-6,9-17,19H2,1H3,(H,28,32). The molecule has 3 aliphatic heterocycles. The lowest BCUT2D eigenvalue weighted by Crippen LogP contribution is -2.73. The Kier molecular flexibility index (Phi) is 7.48. The molecule has 3 fully saturated rings. The van der Waals surface area contributed by atoms with Gasteiger partial charge < -0.3 is 24.4 Å². The summed E-state index contributed by atoms with van der Waals surface area (Å²) in [7, 11) is 1.65. The first-order valence-corrected chi connectivity index (χ1v) is 13.3. The fourth-order valence-corrected chi connectivity index (χ4v) is 6.32. The molecule has 1 spiro atoms. The molecule has 0 aromatic heterocycles. The number of piperazine rings is 1. The van der Waals surface area contributed by atoms with E-state index in [2.05, 4.69) is 22.3 Å². The van der Waals surface area contributed by atoms with Crippen molar-refractivity contribution in [1.82, 2.24) is 15.1 Å². The van der Waals surface area contributed by atoms with Crippen LogP contribution < -0.4 is 14.8 Å². The van der Waals surface area contributed by atoms with E-state index >= 15 is 0 Å². The van der Waals surface area contributed by atoms with Gasteiger partial charge in [0.15, 0.2) is 11.5 Å². The Morgan fingerprint density at radius 1 is 1.06 bits per heavy atom. The number of hydrogen-bond donors (Lipinski definition) is 1. The Morgan fingerprint density at radius 2 is 1.80 bits per heavy atom. The summed E-state index contributed by atoms with van der Waals surface area (Å²) in [4.78, 5) is 31.4. The number of amides is 2. The third-order valence-electron chi connectivity index (χ3n) is 8.32. The average Bonchev–Trinajstić information content (AvgIpc) is 2.89. The van der Waals surface area contributed by atoms with Crippen LogP contribution in [0.15, 0.2) is 18.2 Å². The molecule has 1 unspecified atom stereocenters. The predicted octanol–water partition coefficient (Wildman–Crippen LogP) is 2.74. The van der Waals surface area contributed by atoms with Crippen LogP contribution in [0.5, 0.6) is 11.5 Å². The first-order chi connectivity index (χ1) is 17.1. The average molecular weight is 486 g/mol. The van der Waals surface area contributed by atoms with Gasteiger partial charge in [0.05, 0.1) is 6.61 Å². The molecule has 0 bridgehead atoms. The quantitative estimate of drug-likeness (QED) is 0.640. The Balaban J connectivity index is 1.25. The largest absolute Gasteiger partial charge is 0.486 e. The molecule has 1 aromatic rings. The zero-order valence-electron chi connectivity index (χ0n) is 20.9. The van der Waals surface area contributed by atoms with Crippen molar-refractivity contribution in [2.24, 2.45) is 5.92 Å². The third-order valence-corrected chi connectivity index (χ3v) is 8.32. The Hall–Kier alpha value is -2.32. The summed E-state index contributed by atoms with van der Waals surface area (Å²) in [6.45, 7) is 4.36. The molecular weight excluding hydrogens is 446 g/mol. The van der Waals surface area contributed by atoms with Crippen LogP contribution in [0.25, 0.3) is 0 Å². The minimum Gasteiger partial charge on any atom is -0.486 e. The van der Waals surface area contributed by atoms with E-state index in [0.29, 0.717) is 45.1 Å². The fourth-order valence-electron chi connectivity index (χ4n) is 6.32. The molecular formula is C27H39N3O5. The van der Waals surface area contributed by atoms with Crippen molar-refractivity contribution < 1.29 is 23.8 Å². The minimum absolute atomic E-state index is 0.0213. The maximum absolute atomic E-state index is 13.6. The van der Waals surface area contributed by atoms with Crippen LogP contribution in [0.1, 0.15) is 56.9 Å². The smallest absolute Gasteiger partial charge is 0.246 e. The van der Waals surface area contributed by atoms with Gasteiger partial charge >= 0.3 is 0 Å². The van der Waals surface area contributed by atoms with Gasteiger partial charge in [0.2, 0.25) is 11.8 Å². The maximum Gasteiger partial charge on any atom is 0.246 e.